The number of rotatable bonds is 3. The number of methoxy groups -OCH3 is 1. The molecule has 0 aromatic heterocycles. The Morgan fingerprint density at radius 2 is 1.57 bits per heavy atom. The zero-order valence-electron chi connectivity index (χ0n) is 15.0. The zero-order chi connectivity index (χ0) is 19.7. The van der Waals surface area contributed by atoms with Crippen LogP contribution in [0.3, 0.4) is 0 Å². The minimum atomic E-state index is -0.556. The lowest BCUT2D eigenvalue weighted by Gasteiger charge is -2.28. The van der Waals surface area contributed by atoms with E-state index in [4.69, 9.17) is 32.7 Å². The second kappa shape index (κ2) is 7.70. The molecular formula is C23H16Cl2O3. The summed E-state index contributed by atoms with van der Waals surface area (Å²) in [5.74, 6) is 1.04. The fraction of sp³-hybridized carbons (Fsp3) is 0.0870. The van der Waals surface area contributed by atoms with E-state index in [1.807, 2.05) is 30.3 Å². The Bertz CT molecular complexity index is 1050. The van der Waals surface area contributed by atoms with Crippen molar-refractivity contribution < 1.29 is 14.3 Å². The Balaban J connectivity index is 1.84. The van der Waals surface area contributed by atoms with Gasteiger partial charge in [-0.05, 0) is 53.6 Å². The van der Waals surface area contributed by atoms with E-state index in [9.17, 15) is 4.79 Å². The molecule has 0 radical (unpaired) electrons. The Hall–Kier alpha value is -2.75. The standard InChI is InChI=1S/C23H16Cl2O3/c1-27-18-10-11-19-21(13-18)28-23(15-4-8-17(25)9-5-15)20(22(19)26)12-14-2-6-16(24)7-3-14/h2-13,23H,1H3/b20-12-. The quantitative estimate of drug-likeness (QED) is 0.468. The first-order valence-electron chi connectivity index (χ1n) is 8.67. The highest BCUT2D eigenvalue weighted by atomic mass is 35.5. The van der Waals surface area contributed by atoms with Crippen LogP contribution >= 0.6 is 23.2 Å². The predicted octanol–water partition coefficient (Wildman–Crippen LogP) is 6.40. The molecule has 0 amide bonds. The smallest absolute Gasteiger partial charge is 0.196 e. The molecule has 0 aliphatic carbocycles. The van der Waals surface area contributed by atoms with Gasteiger partial charge in [0.25, 0.3) is 0 Å². The third-order valence-electron chi connectivity index (χ3n) is 4.59. The van der Waals surface area contributed by atoms with Gasteiger partial charge in [-0.25, -0.2) is 0 Å². The fourth-order valence-corrected chi connectivity index (χ4v) is 3.40. The van der Waals surface area contributed by atoms with Crippen molar-refractivity contribution in [3.05, 3.63) is 99.0 Å². The largest absolute Gasteiger partial charge is 0.497 e. The highest BCUT2D eigenvalue weighted by molar-refractivity contribution is 6.30. The molecule has 1 unspecified atom stereocenters. The second-order valence-electron chi connectivity index (χ2n) is 6.39. The summed E-state index contributed by atoms with van der Waals surface area (Å²) >= 11 is 12.0. The Morgan fingerprint density at radius 1 is 0.929 bits per heavy atom. The SMILES string of the molecule is COc1ccc2c(c1)OC(c1ccc(Cl)cc1)/C(=C\c1ccc(Cl)cc1)C2=O. The van der Waals surface area contributed by atoms with Crippen molar-refractivity contribution >= 4 is 35.1 Å². The molecule has 0 N–H and O–H groups in total. The van der Waals surface area contributed by atoms with E-state index in [0.29, 0.717) is 32.7 Å². The molecule has 3 aromatic carbocycles. The maximum Gasteiger partial charge on any atom is 0.196 e. The number of hydrogen-bond acceptors (Lipinski definition) is 3. The van der Waals surface area contributed by atoms with Gasteiger partial charge in [0.2, 0.25) is 0 Å². The summed E-state index contributed by atoms with van der Waals surface area (Å²) in [4.78, 5) is 13.3. The number of carbonyl (C=O) groups excluding carboxylic acids is 1. The molecule has 3 nitrogen and oxygen atoms in total. The molecule has 28 heavy (non-hydrogen) atoms. The minimum absolute atomic E-state index is 0.0844. The molecular weight excluding hydrogens is 395 g/mol. The van der Waals surface area contributed by atoms with Crippen LogP contribution in [0.5, 0.6) is 11.5 Å². The van der Waals surface area contributed by atoms with Gasteiger partial charge < -0.3 is 9.47 Å². The van der Waals surface area contributed by atoms with Gasteiger partial charge in [0, 0.05) is 21.7 Å². The highest BCUT2D eigenvalue weighted by Crippen LogP contribution is 2.41. The van der Waals surface area contributed by atoms with Crippen LogP contribution in [0.25, 0.3) is 6.08 Å². The summed E-state index contributed by atoms with van der Waals surface area (Å²) in [6, 6.07) is 19.8. The first-order chi connectivity index (χ1) is 13.5. The van der Waals surface area contributed by atoms with Crippen LogP contribution in [0.4, 0.5) is 0 Å². The van der Waals surface area contributed by atoms with E-state index in [0.717, 1.165) is 11.1 Å². The number of halogens is 2. The molecule has 1 aliphatic rings. The van der Waals surface area contributed by atoms with Crippen molar-refractivity contribution in [3.8, 4) is 11.5 Å². The molecule has 1 aliphatic heterocycles. The third-order valence-corrected chi connectivity index (χ3v) is 5.09. The highest BCUT2D eigenvalue weighted by Gasteiger charge is 2.33. The lowest BCUT2D eigenvalue weighted by molar-refractivity contribution is 0.0963. The van der Waals surface area contributed by atoms with Crippen molar-refractivity contribution in [1.29, 1.82) is 0 Å². The van der Waals surface area contributed by atoms with Gasteiger partial charge in [0.1, 0.15) is 11.5 Å². The van der Waals surface area contributed by atoms with Crippen molar-refractivity contribution in [2.24, 2.45) is 0 Å². The molecule has 1 heterocycles. The van der Waals surface area contributed by atoms with E-state index in [2.05, 4.69) is 0 Å². The number of ether oxygens (including phenoxy) is 2. The maximum atomic E-state index is 13.3. The first-order valence-corrected chi connectivity index (χ1v) is 9.43. The molecule has 1 atom stereocenters. The summed E-state index contributed by atoms with van der Waals surface area (Å²) in [5, 5.41) is 1.26. The van der Waals surface area contributed by atoms with Crippen LogP contribution in [-0.2, 0) is 0 Å². The molecule has 5 heteroatoms. The molecule has 0 saturated carbocycles. The van der Waals surface area contributed by atoms with Crippen molar-refractivity contribution in [2.45, 2.75) is 6.10 Å². The van der Waals surface area contributed by atoms with E-state index < -0.39 is 6.10 Å². The van der Waals surface area contributed by atoms with Gasteiger partial charge in [0.05, 0.1) is 12.7 Å². The van der Waals surface area contributed by atoms with Crippen LogP contribution in [-0.4, -0.2) is 12.9 Å². The average Bonchev–Trinajstić information content (AvgIpc) is 2.71. The molecule has 0 spiro atoms. The average molecular weight is 411 g/mol. The Morgan fingerprint density at radius 3 is 2.21 bits per heavy atom. The van der Waals surface area contributed by atoms with E-state index in [-0.39, 0.29) is 5.78 Å². The number of benzene rings is 3. The van der Waals surface area contributed by atoms with Crippen LogP contribution in [0, 0.1) is 0 Å². The normalized spacial score (nSPS) is 17.2. The second-order valence-corrected chi connectivity index (χ2v) is 7.26. The Kier molecular flexibility index (Phi) is 5.12. The summed E-state index contributed by atoms with van der Waals surface area (Å²) in [6.45, 7) is 0. The maximum absolute atomic E-state index is 13.3. The van der Waals surface area contributed by atoms with Crippen LogP contribution < -0.4 is 9.47 Å². The monoisotopic (exact) mass is 410 g/mol. The van der Waals surface area contributed by atoms with Crippen molar-refractivity contribution in [2.75, 3.05) is 7.11 Å². The summed E-state index contributed by atoms with van der Waals surface area (Å²) < 4.78 is 11.5. The van der Waals surface area contributed by atoms with Crippen LogP contribution in [0.2, 0.25) is 10.0 Å². The van der Waals surface area contributed by atoms with Crippen LogP contribution in [0.15, 0.2) is 72.3 Å². The van der Waals surface area contributed by atoms with Crippen molar-refractivity contribution in [3.63, 3.8) is 0 Å². The van der Waals surface area contributed by atoms with Gasteiger partial charge in [0.15, 0.2) is 11.9 Å². The summed E-state index contributed by atoms with van der Waals surface area (Å²) in [6.07, 6.45) is 1.28. The number of hydrogen-bond donors (Lipinski definition) is 0. The van der Waals surface area contributed by atoms with Gasteiger partial charge >= 0.3 is 0 Å². The van der Waals surface area contributed by atoms with Gasteiger partial charge in [-0.15, -0.1) is 0 Å². The molecule has 0 fully saturated rings. The summed E-state index contributed by atoms with van der Waals surface area (Å²) in [5.41, 5.74) is 2.76. The van der Waals surface area contributed by atoms with Crippen molar-refractivity contribution in [1.82, 2.24) is 0 Å². The molecule has 0 bridgehead atoms. The number of carbonyl (C=O) groups is 1. The molecule has 140 valence electrons. The van der Waals surface area contributed by atoms with Gasteiger partial charge in [-0.2, -0.15) is 0 Å². The topological polar surface area (TPSA) is 35.5 Å². The van der Waals surface area contributed by atoms with Crippen LogP contribution in [0.1, 0.15) is 27.6 Å². The number of ketones is 1. The number of Topliss-reactive ketones (excluding diaryl/α,β-unsaturated/α-hetero) is 1. The van der Waals surface area contributed by atoms with E-state index in [1.165, 1.54) is 0 Å². The molecule has 3 aromatic rings. The molecule has 4 rings (SSSR count). The lowest BCUT2D eigenvalue weighted by atomic mass is 9.89. The summed E-state index contributed by atoms with van der Waals surface area (Å²) in [7, 11) is 1.58. The van der Waals surface area contributed by atoms with E-state index >= 15 is 0 Å². The van der Waals surface area contributed by atoms with Gasteiger partial charge in [-0.1, -0.05) is 47.5 Å². The first kappa shape index (κ1) is 18.6. The predicted molar refractivity (Wildman–Crippen MR) is 112 cm³/mol. The third kappa shape index (κ3) is 3.64. The Labute approximate surface area is 173 Å². The molecule has 0 saturated heterocycles. The van der Waals surface area contributed by atoms with E-state index in [1.54, 1.807) is 49.6 Å². The van der Waals surface area contributed by atoms with Gasteiger partial charge in [-0.3, -0.25) is 4.79 Å². The fourth-order valence-electron chi connectivity index (χ4n) is 3.14. The minimum Gasteiger partial charge on any atom is -0.497 e. The zero-order valence-corrected chi connectivity index (χ0v) is 16.5. The number of fused-ring (bicyclic) bond motifs is 1. The lowest BCUT2D eigenvalue weighted by Crippen LogP contribution is -2.23.